The van der Waals surface area contributed by atoms with Crippen LogP contribution in [0, 0.1) is 28.6 Å². The lowest BCUT2D eigenvalue weighted by Crippen LogP contribution is -2.62. The van der Waals surface area contributed by atoms with Crippen molar-refractivity contribution in [1.29, 1.82) is 0 Å². The van der Waals surface area contributed by atoms with Crippen LogP contribution in [0.4, 0.5) is 0 Å². The lowest BCUT2D eigenvalue weighted by atomic mass is 9.38. The maximum atomic E-state index is 14.0. The summed E-state index contributed by atoms with van der Waals surface area (Å²) in [4.78, 5) is 16.2. The fourth-order valence-electron chi connectivity index (χ4n) is 8.63. The van der Waals surface area contributed by atoms with Gasteiger partial charge in [-0.15, -0.1) is 0 Å². The molecule has 1 amide bonds. The number of amides is 1. The van der Waals surface area contributed by atoms with E-state index in [4.69, 9.17) is 0 Å². The normalized spacial score (nSPS) is 47.4. The Morgan fingerprint density at radius 3 is 2.44 bits per heavy atom. The van der Waals surface area contributed by atoms with Gasteiger partial charge in [-0.05, 0) is 72.7 Å². The summed E-state index contributed by atoms with van der Waals surface area (Å²) in [5.74, 6) is 2.65. The number of hydrogen-bond acceptors (Lipinski definition) is 2. The second-order valence-corrected chi connectivity index (χ2v) is 11.1. The Labute approximate surface area is 162 Å². The number of fused-ring (bicyclic) bond motifs is 1. The molecule has 27 heavy (non-hydrogen) atoms. The molecular formula is C24H32N2O. The first kappa shape index (κ1) is 16.6. The summed E-state index contributed by atoms with van der Waals surface area (Å²) in [5, 5.41) is 3.51. The van der Waals surface area contributed by atoms with Crippen LogP contribution < -0.4 is 5.32 Å². The molecule has 0 radical (unpaired) electrons. The van der Waals surface area contributed by atoms with Crippen molar-refractivity contribution in [3.05, 3.63) is 35.9 Å². The predicted molar refractivity (Wildman–Crippen MR) is 106 cm³/mol. The van der Waals surface area contributed by atoms with E-state index >= 15 is 0 Å². The van der Waals surface area contributed by atoms with Gasteiger partial charge in [0.15, 0.2) is 0 Å². The summed E-state index contributed by atoms with van der Waals surface area (Å²) in [6, 6.07) is 11.2. The van der Waals surface area contributed by atoms with Crippen molar-refractivity contribution in [1.82, 2.24) is 10.2 Å². The Kier molecular flexibility index (Phi) is 3.30. The topological polar surface area (TPSA) is 32.3 Å². The minimum Gasteiger partial charge on any atom is -0.342 e. The molecule has 6 aliphatic rings. The SMILES string of the molecule is C[C@]12CC3CC(C(=O)N4C[C@H]5CNC[C@H]5C4)(C1)C[C@@](c1ccccc1)(C3)C2. The van der Waals surface area contributed by atoms with Gasteiger partial charge in [-0.1, -0.05) is 37.3 Å². The van der Waals surface area contributed by atoms with Crippen LogP contribution in [0.15, 0.2) is 30.3 Å². The maximum Gasteiger partial charge on any atom is 0.228 e. The van der Waals surface area contributed by atoms with Crippen molar-refractivity contribution in [3.8, 4) is 0 Å². The molecule has 1 aromatic carbocycles. The zero-order valence-corrected chi connectivity index (χ0v) is 16.5. The first-order chi connectivity index (χ1) is 13.0. The third-order valence-electron chi connectivity index (χ3n) is 8.86. The lowest BCUT2D eigenvalue weighted by Gasteiger charge is -2.66. The number of benzene rings is 1. The van der Waals surface area contributed by atoms with Crippen LogP contribution in [0.2, 0.25) is 0 Å². The molecule has 6 atom stereocenters. The van der Waals surface area contributed by atoms with Gasteiger partial charge >= 0.3 is 0 Å². The van der Waals surface area contributed by atoms with Gasteiger partial charge in [-0.25, -0.2) is 0 Å². The predicted octanol–water partition coefficient (Wildman–Crippen LogP) is 3.59. The van der Waals surface area contributed by atoms with Gasteiger partial charge in [-0.3, -0.25) is 4.79 Å². The molecule has 1 N–H and O–H groups in total. The van der Waals surface area contributed by atoms with Crippen LogP contribution in [0.25, 0.3) is 0 Å². The summed E-state index contributed by atoms with van der Waals surface area (Å²) < 4.78 is 0. The molecule has 0 spiro atoms. The van der Waals surface area contributed by atoms with Crippen molar-refractivity contribution in [2.45, 2.75) is 50.9 Å². The van der Waals surface area contributed by atoms with E-state index in [-0.39, 0.29) is 10.8 Å². The Bertz CT molecular complexity index is 766. The molecule has 6 fully saturated rings. The third kappa shape index (κ3) is 2.33. The molecule has 4 aliphatic carbocycles. The molecular weight excluding hydrogens is 332 g/mol. The third-order valence-corrected chi connectivity index (χ3v) is 8.86. The molecule has 4 saturated carbocycles. The average molecular weight is 365 g/mol. The lowest BCUT2D eigenvalue weighted by molar-refractivity contribution is -0.169. The van der Waals surface area contributed by atoms with Crippen LogP contribution in [-0.2, 0) is 10.2 Å². The van der Waals surface area contributed by atoms with E-state index in [1.54, 1.807) is 0 Å². The Hall–Kier alpha value is -1.35. The van der Waals surface area contributed by atoms with Crippen molar-refractivity contribution < 1.29 is 4.79 Å². The highest BCUT2D eigenvalue weighted by atomic mass is 16.2. The molecule has 2 saturated heterocycles. The van der Waals surface area contributed by atoms with E-state index in [9.17, 15) is 4.79 Å². The van der Waals surface area contributed by atoms with Gasteiger partial charge < -0.3 is 10.2 Å². The number of rotatable bonds is 2. The maximum absolute atomic E-state index is 14.0. The Morgan fingerprint density at radius 1 is 1.00 bits per heavy atom. The average Bonchev–Trinajstić information content (AvgIpc) is 3.21. The largest absolute Gasteiger partial charge is 0.342 e. The number of nitrogens with one attached hydrogen (secondary N) is 1. The molecule has 2 aliphatic heterocycles. The van der Waals surface area contributed by atoms with Gasteiger partial charge in [0.05, 0.1) is 5.41 Å². The molecule has 0 aromatic heterocycles. The first-order valence-corrected chi connectivity index (χ1v) is 11.1. The van der Waals surface area contributed by atoms with E-state index < -0.39 is 0 Å². The van der Waals surface area contributed by atoms with Crippen molar-refractivity contribution >= 4 is 5.91 Å². The van der Waals surface area contributed by atoms with E-state index in [2.05, 4.69) is 47.5 Å². The van der Waals surface area contributed by atoms with Crippen LogP contribution in [-0.4, -0.2) is 37.0 Å². The summed E-state index contributed by atoms with van der Waals surface area (Å²) in [7, 11) is 0. The van der Waals surface area contributed by atoms with E-state index in [0.29, 0.717) is 23.2 Å². The van der Waals surface area contributed by atoms with Crippen LogP contribution >= 0.6 is 0 Å². The number of likely N-dealkylation sites (tertiary alicyclic amines) is 1. The Balaban J connectivity index is 1.36. The summed E-state index contributed by atoms with van der Waals surface area (Å²) in [6.45, 7) is 6.70. The van der Waals surface area contributed by atoms with Gasteiger partial charge in [0.25, 0.3) is 0 Å². The minimum atomic E-state index is -0.0872. The van der Waals surface area contributed by atoms with Crippen LogP contribution in [0.3, 0.4) is 0 Å². The van der Waals surface area contributed by atoms with Crippen molar-refractivity contribution in [2.75, 3.05) is 26.2 Å². The Morgan fingerprint density at radius 2 is 1.74 bits per heavy atom. The number of carbonyl (C=O) groups excluding carboxylic acids is 1. The van der Waals surface area contributed by atoms with Gasteiger partial charge in [-0.2, -0.15) is 0 Å². The van der Waals surface area contributed by atoms with Gasteiger partial charge in [0, 0.05) is 26.2 Å². The smallest absolute Gasteiger partial charge is 0.228 e. The molecule has 4 bridgehead atoms. The molecule has 144 valence electrons. The molecule has 3 heteroatoms. The minimum absolute atomic E-state index is 0.0872. The van der Waals surface area contributed by atoms with Crippen LogP contribution in [0.5, 0.6) is 0 Å². The molecule has 1 aromatic rings. The fraction of sp³-hybridized carbons (Fsp3) is 0.708. The molecule has 3 nitrogen and oxygen atoms in total. The molecule has 2 unspecified atom stereocenters. The summed E-state index contributed by atoms with van der Waals surface area (Å²) in [5.41, 5.74) is 2.00. The van der Waals surface area contributed by atoms with Crippen LogP contribution in [0.1, 0.15) is 51.0 Å². The summed E-state index contributed by atoms with van der Waals surface area (Å²) >= 11 is 0. The number of carbonyl (C=O) groups is 1. The standard InChI is InChI=1S/C24H32N2O/c1-22-7-17-8-23(14-22,20-5-3-2-4-6-20)16-24(9-17,15-22)21(27)26-12-18-10-25-11-19(18)13-26/h2-6,17-19,25H,7-16H2,1H3/t17?,18-,19+,22-,23-,24?/m1/s1. The highest BCUT2D eigenvalue weighted by Crippen LogP contribution is 2.70. The highest BCUT2D eigenvalue weighted by Gasteiger charge is 2.65. The number of nitrogens with zero attached hydrogens (tertiary/aromatic N) is 1. The van der Waals surface area contributed by atoms with Gasteiger partial charge in [0.1, 0.15) is 0 Å². The van der Waals surface area contributed by atoms with E-state index in [1.807, 2.05) is 0 Å². The monoisotopic (exact) mass is 364 g/mol. The number of hydrogen-bond donors (Lipinski definition) is 1. The summed E-state index contributed by atoms with van der Waals surface area (Å²) in [6.07, 6.45) is 7.31. The second-order valence-electron chi connectivity index (χ2n) is 11.1. The van der Waals surface area contributed by atoms with E-state index in [1.165, 1.54) is 24.8 Å². The van der Waals surface area contributed by atoms with E-state index in [0.717, 1.165) is 51.4 Å². The van der Waals surface area contributed by atoms with Crippen molar-refractivity contribution in [3.63, 3.8) is 0 Å². The second kappa shape index (κ2) is 5.37. The zero-order valence-electron chi connectivity index (χ0n) is 16.5. The fourth-order valence-corrected chi connectivity index (χ4v) is 8.63. The first-order valence-electron chi connectivity index (χ1n) is 11.1. The van der Waals surface area contributed by atoms with Crippen molar-refractivity contribution in [2.24, 2.45) is 28.6 Å². The van der Waals surface area contributed by atoms with Gasteiger partial charge in [0.2, 0.25) is 5.91 Å². The molecule has 7 rings (SSSR count). The zero-order chi connectivity index (χ0) is 18.3. The molecule has 2 heterocycles. The highest BCUT2D eigenvalue weighted by molar-refractivity contribution is 5.84. The quantitative estimate of drug-likeness (QED) is 0.870.